The molecule has 1 aromatic carbocycles. The molecule has 3 fully saturated rings. The average molecular weight is 395 g/mol. The van der Waals surface area contributed by atoms with Crippen LogP contribution in [-0.4, -0.2) is 61.7 Å². The minimum absolute atomic E-state index is 0.0804. The maximum absolute atomic E-state index is 14.8. The molecule has 1 aliphatic carbocycles. The lowest BCUT2D eigenvalue weighted by atomic mass is 9.76. The van der Waals surface area contributed by atoms with Gasteiger partial charge in [-0.05, 0) is 38.1 Å². The third kappa shape index (κ3) is 3.23. The maximum atomic E-state index is 14.8. The van der Waals surface area contributed by atoms with Crippen molar-refractivity contribution < 1.29 is 14.2 Å². The summed E-state index contributed by atoms with van der Waals surface area (Å²) in [7, 11) is 1.97. The number of fused-ring (bicyclic) bond motifs is 3. The Hall–Kier alpha value is -3.00. The number of benzene rings is 1. The van der Waals surface area contributed by atoms with Crippen LogP contribution < -0.4 is 4.74 Å². The van der Waals surface area contributed by atoms with Gasteiger partial charge in [-0.25, -0.2) is 9.37 Å². The average Bonchev–Trinajstić information content (AvgIpc) is 3.26. The summed E-state index contributed by atoms with van der Waals surface area (Å²) in [5.74, 6) is 0.572. The lowest BCUT2D eigenvalue weighted by Gasteiger charge is -2.49. The van der Waals surface area contributed by atoms with Crippen LogP contribution in [0.15, 0.2) is 49.1 Å². The number of ether oxygens (including phenoxy) is 1. The van der Waals surface area contributed by atoms with Crippen molar-refractivity contribution in [2.45, 2.75) is 31.2 Å². The highest BCUT2D eigenvalue weighted by Gasteiger charge is 2.48. The number of aromatic hydroxyl groups is 1. The second kappa shape index (κ2) is 7.11. The maximum Gasteiger partial charge on any atom is 0.233 e. The molecule has 1 N–H and O–H groups in total. The number of hydrogen-bond acceptors (Lipinski definition) is 6. The molecule has 2 bridgehead atoms. The van der Waals surface area contributed by atoms with Crippen LogP contribution in [0.5, 0.6) is 11.6 Å². The highest BCUT2D eigenvalue weighted by Crippen LogP contribution is 2.38. The first-order chi connectivity index (χ1) is 14.1. The molecular weight excluding hydrogens is 373 g/mol. The Morgan fingerprint density at radius 2 is 2.07 bits per heavy atom. The Balaban J connectivity index is 1.33. The van der Waals surface area contributed by atoms with E-state index in [1.807, 2.05) is 13.1 Å². The van der Waals surface area contributed by atoms with Crippen LogP contribution in [0.2, 0.25) is 0 Å². The molecular formula is C21H22FN5O2. The van der Waals surface area contributed by atoms with E-state index in [1.165, 1.54) is 0 Å². The largest absolute Gasteiger partial charge is 0.507 e. The SMILES string of the molecule is CN1C[C@H]2CCC1C(F)C2Oc1ccc(-c2ccc(-n3ccnc3)cc2O)nn1. The van der Waals surface area contributed by atoms with Gasteiger partial charge in [0.15, 0.2) is 6.17 Å². The number of alkyl halides is 1. The van der Waals surface area contributed by atoms with Gasteiger partial charge in [-0.2, -0.15) is 0 Å². The van der Waals surface area contributed by atoms with Crippen LogP contribution in [0, 0.1) is 5.92 Å². The lowest BCUT2D eigenvalue weighted by Crippen LogP contribution is -2.61. The van der Waals surface area contributed by atoms with E-state index in [4.69, 9.17) is 4.74 Å². The van der Waals surface area contributed by atoms with Gasteiger partial charge < -0.3 is 14.4 Å². The van der Waals surface area contributed by atoms with E-state index >= 15 is 0 Å². The van der Waals surface area contributed by atoms with Crippen molar-refractivity contribution in [3.05, 3.63) is 49.1 Å². The number of rotatable bonds is 4. The minimum Gasteiger partial charge on any atom is -0.507 e. The molecule has 2 aliphatic heterocycles. The predicted molar refractivity (Wildman–Crippen MR) is 105 cm³/mol. The fraction of sp³-hybridized carbons (Fsp3) is 0.381. The topological polar surface area (TPSA) is 76.3 Å². The summed E-state index contributed by atoms with van der Waals surface area (Å²) in [6.45, 7) is 0.846. The molecule has 7 nitrogen and oxygen atoms in total. The molecule has 2 saturated heterocycles. The fourth-order valence-corrected chi connectivity index (χ4v) is 4.49. The third-order valence-corrected chi connectivity index (χ3v) is 6.02. The smallest absolute Gasteiger partial charge is 0.233 e. The van der Waals surface area contributed by atoms with Gasteiger partial charge in [0.2, 0.25) is 5.88 Å². The number of aromatic nitrogens is 4. The molecule has 6 rings (SSSR count). The van der Waals surface area contributed by atoms with Crippen molar-refractivity contribution in [2.75, 3.05) is 13.6 Å². The van der Waals surface area contributed by atoms with Crippen molar-refractivity contribution in [3.8, 4) is 28.6 Å². The monoisotopic (exact) mass is 395 g/mol. The van der Waals surface area contributed by atoms with E-state index in [0.717, 1.165) is 25.1 Å². The Kier molecular flexibility index (Phi) is 4.43. The molecule has 0 radical (unpaired) electrons. The number of piperidine rings is 2. The van der Waals surface area contributed by atoms with E-state index in [-0.39, 0.29) is 17.7 Å². The normalized spacial score (nSPS) is 26.6. The van der Waals surface area contributed by atoms with Gasteiger partial charge in [-0.3, -0.25) is 4.90 Å². The number of phenols is 1. The van der Waals surface area contributed by atoms with Gasteiger partial charge >= 0.3 is 0 Å². The van der Waals surface area contributed by atoms with Gasteiger partial charge in [-0.15, -0.1) is 10.2 Å². The van der Waals surface area contributed by atoms with E-state index in [9.17, 15) is 9.50 Å². The van der Waals surface area contributed by atoms with Gasteiger partial charge in [0, 0.05) is 48.6 Å². The van der Waals surface area contributed by atoms with Gasteiger partial charge in [-0.1, -0.05) is 0 Å². The molecule has 1 saturated carbocycles. The van der Waals surface area contributed by atoms with Crippen LogP contribution >= 0.6 is 0 Å². The zero-order valence-electron chi connectivity index (χ0n) is 16.0. The van der Waals surface area contributed by atoms with Crippen LogP contribution in [-0.2, 0) is 0 Å². The van der Waals surface area contributed by atoms with Crippen LogP contribution in [0.3, 0.4) is 0 Å². The first-order valence-electron chi connectivity index (χ1n) is 9.76. The van der Waals surface area contributed by atoms with Crippen molar-refractivity contribution >= 4 is 0 Å². The standard InChI is InChI=1S/C21H22FN5O2/c1-26-11-13-2-6-17(26)20(22)21(13)29-19-7-5-16(24-25-19)15-4-3-14(10-18(15)28)27-9-8-23-12-27/h3-5,7-10,12-13,17,20-21,28H,2,6,11H2,1H3/t13-,17?,20?,21?/m1/s1. The summed E-state index contributed by atoms with van der Waals surface area (Å²) >= 11 is 0. The van der Waals surface area contributed by atoms with Gasteiger partial charge in [0.25, 0.3) is 0 Å². The highest BCUT2D eigenvalue weighted by atomic mass is 19.1. The number of imidazole rings is 1. The second-order valence-electron chi connectivity index (χ2n) is 7.80. The van der Waals surface area contributed by atoms with E-state index in [1.54, 1.807) is 47.6 Å². The molecule has 2 aromatic heterocycles. The summed E-state index contributed by atoms with van der Waals surface area (Å²) in [6, 6.07) is 8.63. The van der Waals surface area contributed by atoms with Crippen LogP contribution in [0.25, 0.3) is 16.9 Å². The van der Waals surface area contributed by atoms with Crippen LogP contribution in [0.1, 0.15) is 12.8 Å². The van der Waals surface area contributed by atoms with Gasteiger partial charge in [0.1, 0.15) is 11.9 Å². The molecule has 0 amide bonds. The van der Waals surface area contributed by atoms with Crippen LogP contribution in [0.4, 0.5) is 4.39 Å². The van der Waals surface area contributed by atoms with E-state index < -0.39 is 12.3 Å². The molecule has 150 valence electrons. The molecule has 3 aromatic rings. The first-order valence-corrected chi connectivity index (χ1v) is 9.76. The Labute approximate surface area is 167 Å². The Morgan fingerprint density at radius 1 is 1.17 bits per heavy atom. The first kappa shape index (κ1) is 18.1. The molecule has 3 unspecified atom stereocenters. The number of nitrogens with zero attached hydrogens (tertiary/aromatic N) is 5. The molecule has 29 heavy (non-hydrogen) atoms. The predicted octanol–water partition coefficient (Wildman–Crippen LogP) is 2.84. The third-order valence-electron chi connectivity index (χ3n) is 6.02. The number of phenolic OH excluding ortho intramolecular Hbond substituents is 1. The minimum atomic E-state index is -1.02. The Morgan fingerprint density at radius 3 is 2.72 bits per heavy atom. The number of hydrogen-bond donors (Lipinski definition) is 1. The molecule has 8 heteroatoms. The van der Waals surface area contributed by atoms with E-state index in [2.05, 4.69) is 20.1 Å². The van der Waals surface area contributed by atoms with Gasteiger partial charge in [0.05, 0.1) is 17.7 Å². The van der Waals surface area contributed by atoms with Crippen molar-refractivity contribution in [3.63, 3.8) is 0 Å². The number of halogens is 1. The molecule has 3 aliphatic rings. The van der Waals surface area contributed by atoms with Crippen molar-refractivity contribution in [2.24, 2.45) is 5.92 Å². The lowest BCUT2D eigenvalue weighted by molar-refractivity contribution is -0.0891. The Bertz CT molecular complexity index is 993. The summed E-state index contributed by atoms with van der Waals surface area (Å²) in [6.07, 6.45) is 5.49. The second-order valence-corrected chi connectivity index (χ2v) is 7.80. The summed E-state index contributed by atoms with van der Waals surface area (Å²) in [5.41, 5.74) is 1.88. The molecule has 4 heterocycles. The van der Waals surface area contributed by atoms with Crippen molar-refractivity contribution in [1.82, 2.24) is 24.6 Å². The van der Waals surface area contributed by atoms with E-state index in [0.29, 0.717) is 17.1 Å². The summed E-state index contributed by atoms with van der Waals surface area (Å²) < 4.78 is 22.5. The van der Waals surface area contributed by atoms with Crippen molar-refractivity contribution in [1.29, 1.82) is 0 Å². The quantitative estimate of drug-likeness (QED) is 0.732. The highest BCUT2D eigenvalue weighted by molar-refractivity contribution is 5.68. The molecule has 0 spiro atoms. The zero-order chi connectivity index (χ0) is 20.0. The summed E-state index contributed by atoms with van der Waals surface area (Å²) in [4.78, 5) is 6.09. The fourth-order valence-electron chi connectivity index (χ4n) is 4.49. The zero-order valence-corrected chi connectivity index (χ0v) is 16.0. The molecule has 4 atom stereocenters. The summed E-state index contributed by atoms with van der Waals surface area (Å²) in [5, 5.41) is 18.7.